The van der Waals surface area contributed by atoms with E-state index in [0.717, 1.165) is 0 Å². The third kappa shape index (κ3) is 4.11. The topological polar surface area (TPSA) is 97.1 Å². The minimum atomic E-state index is -3.78. The minimum absolute atomic E-state index is 0.0345. The smallest absolute Gasteiger partial charge is 0.203 e. The zero-order chi connectivity index (χ0) is 20.2. The molecule has 146 valence electrons. The summed E-state index contributed by atoms with van der Waals surface area (Å²) < 4.78 is 46.8. The van der Waals surface area contributed by atoms with Gasteiger partial charge in [0.05, 0.1) is 39.0 Å². The number of nitrogens with two attached hydrogens (primary N) is 1. The maximum absolute atomic E-state index is 13.0. The van der Waals surface area contributed by atoms with Crippen LogP contribution >= 0.6 is 0 Å². The molecule has 0 spiro atoms. The Bertz CT molecular complexity index is 941. The van der Waals surface area contributed by atoms with Gasteiger partial charge in [0.1, 0.15) is 5.75 Å². The molecule has 0 heterocycles. The molecule has 0 unspecified atom stereocenters. The van der Waals surface area contributed by atoms with Crippen LogP contribution in [0.5, 0.6) is 23.0 Å². The number of nitrogen functional groups attached to an aromatic ring is 1. The predicted molar refractivity (Wildman–Crippen MR) is 104 cm³/mol. The third-order valence-electron chi connectivity index (χ3n) is 4.00. The number of benzene rings is 2. The van der Waals surface area contributed by atoms with E-state index in [1.165, 1.54) is 53.6 Å². The van der Waals surface area contributed by atoms with Crippen LogP contribution < -0.4 is 24.7 Å². The molecule has 2 aromatic rings. The van der Waals surface area contributed by atoms with Crippen molar-refractivity contribution < 1.29 is 27.4 Å². The van der Waals surface area contributed by atoms with Gasteiger partial charge >= 0.3 is 0 Å². The Kier molecular flexibility index (Phi) is 6.22. The van der Waals surface area contributed by atoms with E-state index in [2.05, 4.69) is 0 Å². The quantitative estimate of drug-likeness (QED) is 0.722. The third-order valence-corrected chi connectivity index (χ3v) is 5.82. The summed E-state index contributed by atoms with van der Waals surface area (Å²) in [7, 11) is 2.04. The van der Waals surface area contributed by atoms with Crippen LogP contribution in [0.1, 0.15) is 12.5 Å². The van der Waals surface area contributed by atoms with Crippen molar-refractivity contribution in [2.24, 2.45) is 0 Å². The molecule has 0 aliphatic rings. The second-order valence-electron chi connectivity index (χ2n) is 5.62. The highest BCUT2D eigenvalue weighted by Crippen LogP contribution is 2.40. The summed E-state index contributed by atoms with van der Waals surface area (Å²) >= 11 is 0. The molecule has 2 N–H and O–H groups in total. The Hall–Kier alpha value is -2.87. The Morgan fingerprint density at radius 1 is 0.889 bits per heavy atom. The van der Waals surface area contributed by atoms with Crippen LogP contribution in [0.2, 0.25) is 0 Å². The van der Waals surface area contributed by atoms with Gasteiger partial charge in [0.2, 0.25) is 15.6 Å². The SMILES string of the molecule is COc1ccc(/C=C(\C)S(=O)(=O)c2cc(OC)c(OC)c(OC)c2)cc1N. The fourth-order valence-corrected chi connectivity index (χ4v) is 3.74. The van der Waals surface area contributed by atoms with Gasteiger partial charge < -0.3 is 24.7 Å². The van der Waals surface area contributed by atoms with E-state index in [1.807, 2.05) is 0 Å². The van der Waals surface area contributed by atoms with E-state index < -0.39 is 9.84 Å². The molecule has 7 nitrogen and oxygen atoms in total. The molecule has 0 bridgehead atoms. The van der Waals surface area contributed by atoms with Gasteiger partial charge in [0, 0.05) is 17.0 Å². The zero-order valence-corrected chi connectivity index (χ0v) is 16.7. The monoisotopic (exact) mass is 393 g/mol. The summed E-state index contributed by atoms with van der Waals surface area (Å²) in [6.07, 6.45) is 1.54. The normalized spacial score (nSPS) is 11.8. The molecule has 8 heteroatoms. The van der Waals surface area contributed by atoms with E-state index in [-0.39, 0.29) is 21.3 Å². The van der Waals surface area contributed by atoms with Crippen LogP contribution in [-0.4, -0.2) is 36.9 Å². The first-order valence-electron chi connectivity index (χ1n) is 7.95. The van der Waals surface area contributed by atoms with E-state index in [4.69, 9.17) is 24.7 Å². The van der Waals surface area contributed by atoms with Crippen molar-refractivity contribution in [2.75, 3.05) is 34.2 Å². The Morgan fingerprint density at radius 2 is 1.44 bits per heavy atom. The molecule has 0 aliphatic heterocycles. The first-order chi connectivity index (χ1) is 12.8. The lowest BCUT2D eigenvalue weighted by atomic mass is 10.2. The standard InChI is InChI=1S/C19H23NO6S/c1-12(8-13-6-7-16(23-2)15(20)9-13)27(21,22)14-10-17(24-3)19(26-5)18(11-14)25-4/h6-11H,20H2,1-5H3/b12-8+. The van der Waals surface area contributed by atoms with Crippen molar-refractivity contribution in [3.8, 4) is 23.0 Å². The van der Waals surface area contributed by atoms with Gasteiger partial charge in [0.15, 0.2) is 11.5 Å². The van der Waals surface area contributed by atoms with Crippen molar-refractivity contribution in [2.45, 2.75) is 11.8 Å². The van der Waals surface area contributed by atoms with Crippen molar-refractivity contribution in [3.05, 3.63) is 40.8 Å². The largest absolute Gasteiger partial charge is 0.495 e. The molecule has 0 fully saturated rings. The van der Waals surface area contributed by atoms with Crippen LogP contribution in [0.4, 0.5) is 5.69 Å². The van der Waals surface area contributed by atoms with Crippen LogP contribution in [0.3, 0.4) is 0 Å². The number of methoxy groups -OCH3 is 4. The number of allylic oxidation sites excluding steroid dienone is 1. The summed E-state index contributed by atoms with van der Waals surface area (Å²) in [5, 5.41) is 0. The highest BCUT2D eigenvalue weighted by Gasteiger charge is 2.23. The highest BCUT2D eigenvalue weighted by molar-refractivity contribution is 7.95. The molecule has 0 atom stereocenters. The van der Waals surface area contributed by atoms with Gasteiger partial charge in [-0.2, -0.15) is 0 Å². The van der Waals surface area contributed by atoms with E-state index >= 15 is 0 Å². The zero-order valence-electron chi connectivity index (χ0n) is 15.9. The van der Waals surface area contributed by atoms with Gasteiger partial charge in [-0.1, -0.05) is 6.07 Å². The lowest BCUT2D eigenvalue weighted by molar-refractivity contribution is 0.323. The molecule has 0 amide bonds. The first-order valence-corrected chi connectivity index (χ1v) is 9.43. The molecular weight excluding hydrogens is 370 g/mol. The predicted octanol–water partition coefficient (Wildman–Crippen LogP) is 3.14. The van der Waals surface area contributed by atoms with Crippen molar-refractivity contribution in [1.29, 1.82) is 0 Å². The van der Waals surface area contributed by atoms with Crippen LogP contribution in [-0.2, 0) is 9.84 Å². The number of anilines is 1. The molecule has 0 radical (unpaired) electrons. The number of ether oxygens (including phenoxy) is 4. The molecule has 0 aromatic heterocycles. The number of hydrogen-bond donors (Lipinski definition) is 1. The van der Waals surface area contributed by atoms with Gasteiger partial charge in [-0.15, -0.1) is 0 Å². The Morgan fingerprint density at radius 3 is 1.89 bits per heavy atom. The van der Waals surface area contributed by atoms with Crippen LogP contribution in [0.25, 0.3) is 6.08 Å². The molecule has 2 rings (SSSR count). The average molecular weight is 393 g/mol. The van der Waals surface area contributed by atoms with Gasteiger partial charge in [0.25, 0.3) is 0 Å². The molecule has 0 aliphatic carbocycles. The Labute approximate surface area is 159 Å². The number of rotatable bonds is 7. The lowest BCUT2D eigenvalue weighted by Crippen LogP contribution is -2.05. The maximum atomic E-state index is 13.0. The lowest BCUT2D eigenvalue weighted by Gasteiger charge is -2.14. The Balaban J connectivity index is 2.52. The van der Waals surface area contributed by atoms with Gasteiger partial charge in [-0.05, 0) is 30.7 Å². The van der Waals surface area contributed by atoms with E-state index in [0.29, 0.717) is 22.7 Å². The number of sulfone groups is 1. The van der Waals surface area contributed by atoms with Gasteiger partial charge in [-0.3, -0.25) is 0 Å². The summed E-state index contributed by atoms with van der Waals surface area (Å²) in [6, 6.07) is 7.85. The molecular formula is C19H23NO6S. The van der Waals surface area contributed by atoms with Gasteiger partial charge in [-0.25, -0.2) is 8.42 Å². The molecule has 2 aromatic carbocycles. The minimum Gasteiger partial charge on any atom is -0.495 e. The summed E-state index contributed by atoms with van der Waals surface area (Å²) in [6.45, 7) is 1.51. The molecule has 0 saturated heterocycles. The fourth-order valence-electron chi connectivity index (χ4n) is 2.55. The van der Waals surface area contributed by atoms with E-state index in [9.17, 15) is 8.42 Å². The van der Waals surface area contributed by atoms with Crippen molar-refractivity contribution in [3.63, 3.8) is 0 Å². The first kappa shape index (κ1) is 20.4. The highest BCUT2D eigenvalue weighted by atomic mass is 32.2. The summed E-state index contributed by atoms with van der Waals surface area (Å²) in [5.41, 5.74) is 6.95. The maximum Gasteiger partial charge on any atom is 0.203 e. The molecule has 27 heavy (non-hydrogen) atoms. The molecule has 0 saturated carbocycles. The van der Waals surface area contributed by atoms with Crippen molar-refractivity contribution in [1.82, 2.24) is 0 Å². The summed E-state index contributed by atoms with van der Waals surface area (Å²) in [5.74, 6) is 1.37. The van der Waals surface area contributed by atoms with Crippen molar-refractivity contribution >= 4 is 21.6 Å². The fraction of sp³-hybridized carbons (Fsp3) is 0.263. The summed E-state index contributed by atoms with van der Waals surface area (Å²) in [4.78, 5) is 0.175. The van der Waals surface area contributed by atoms with E-state index in [1.54, 1.807) is 18.2 Å². The van der Waals surface area contributed by atoms with Crippen LogP contribution in [0, 0.1) is 0 Å². The number of hydrogen-bond acceptors (Lipinski definition) is 7. The van der Waals surface area contributed by atoms with Crippen LogP contribution in [0.15, 0.2) is 40.1 Å². The second kappa shape index (κ2) is 8.22. The second-order valence-corrected chi connectivity index (χ2v) is 7.74. The average Bonchev–Trinajstić information content (AvgIpc) is 2.66.